The quantitative estimate of drug-likeness (QED) is 0.519. The van der Waals surface area contributed by atoms with Gasteiger partial charge in [0.1, 0.15) is 0 Å². The van der Waals surface area contributed by atoms with Gasteiger partial charge in [-0.05, 0) is 60.7 Å². The number of hydrogen-bond acceptors (Lipinski definition) is 5. The van der Waals surface area contributed by atoms with Gasteiger partial charge in [0.05, 0.1) is 22.0 Å². The van der Waals surface area contributed by atoms with E-state index in [1.54, 1.807) is 0 Å². The second-order valence-corrected chi connectivity index (χ2v) is 21.8. The largest absolute Gasteiger partial charge is 0.393 e. The van der Waals surface area contributed by atoms with Crippen LogP contribution in [-0.2, 0) is 0 Å². The van der Waals surface area contributed by atoms with Crippen molar-refractivity contribution in [2.45, 2.75) is 85.4 Å². The predicted octanol–water partition coefficient (Wildman–Crippen LogP) is 6.33. The molecule has 1 atom stereocenters. The molecule has 0 aromatic heterocycles. The van der Waals surface area contributed by atoms with Crippen LogP contribution in [0.4, 0.5) is 0 Å². The van der Waals surface area contributed by atoms with Crippen LogP contribution in [0.15, 0.2) is 0 Å². The van der Waals surface area contributed by atoms with E-state index in [9.17, 15) is 5.11 Å². The molecule has 0 spiro atoms. The zero-order valence-electron chi connectivity index (χ0n) is 16.3. The molecule has 2 fully saturated rings. The van der Waals surface area contributed by atoms with Gasteiger partial charge in [-0.3, -0.25) is 0 Å². The fourth-order valence-corrected chi connectivity index (χ4v) is 16.7. The molecule has 0 aliphatic carbocycles. The van der Waals surface area contributed by atoms with Gasteiger partial charge in [-0.1, -0.05) is 33.9 Å². The first-order chi connectivity index (χ1) is 11.0. The van der Waals surface area contributed by atoms with Crippen LogP contribution in [0.5, 0.6) is 0 Å². The molecule has 0 radical (unpaired) electrons. The van der Waals surface area contributed by atoms with Crippen LogP contribution in [0.25, 0.3) is 0 Å². The third-order valence-electron chi connectivity index (χ3n) is 6.00. The van der Waals surface area contributed by atoms with Crippen LogP contribution in [0, 0.1) is 0 Å². The van der Waals surface area contributed by atoms with Crippen molar-refractivity contribution in [1.29, 1.82) is 0 Å². The van der Waals surface area contributed by atoms with E-state index < -0.39 is 8.07 Å². The van der Waals surface area contributed by atoms with Crippen LogP contribution < -0.4 is 0 Å². The van der Waals surface area contributed by atoms with Gasteiger partial charge in [0.15, 0.2) is 0 Å². The Bertz CT molecular complexity index is 410. The summed E-state index contributed by atoms with van der Waals surface area (Å²) in [6.45, 7) is 14.8. The number of hydrogen-bond donors (Lipinski definition) is 1. The first-order valence-corrected chi connectivity index (χ1v) is 16.2. The molecule has 1 nitrogen and oxygen atoms in total. The lowest BCUT2D eigenvalue weighted by Gasteiger charge is -2.54. The molecule has 0 unspecified atom stereocenters. The molecular weight excluding hydrogens is 389 g/mol. The minimum absolute atomic E-state index is 0.166. The molecule has 0 aromatic rings. The Kier molecular flexibility index (Phi) is 7.56. The topological polar surface area (TPSA) is 20.2 Å². The Morgan fingerprint density at radius 3 is 1.83 bits per heavy atom. The summed E-state index contributed by atoms with van der Waals surface area (Å²) in [4.78, 5) is 0. The second-order valence-electron chi connectivity index (χ2n) is 8.92. The van der Waals surface area contributed by atoms with E-state index in [0.29, 0.717) is 5.04 Å². The van der Waals surface area contributed by atoms with Gasteiger partial charge in [-0.25, -0.2) is 0 Å². The summed E-state index contributed by atoms with van der Waals surface area (Å²) < 4.78 is 0.486. The van der Waals surface area contributed by atoms with Crippen molar-refractivity contribution in [3.8, 4) is 0 Å². The first kappa shape index (κ1) is 21.9. The molecule has 1 N–H and O–H groups in total. The summed E-state index contributed by atoms with van der Waals surface area (Å²) in [6, 6.07) is 0. The summed E-state index contributed by atoms with van der Waals surface area (Å²) >= 11 is 8.51. The highest BCUT2D eigenvalue weighted by molar-refractivity contribution is 8.21. The molecule has 0 bridgehead atoms. The summed E-state index contributed by atoms with van der Waals surface area (Å²) in [6.07, 6.45) is 4.40. The van der Waals surface area contributed by atoms with Crippen LogP contribution in [0.2, 0.25) is 18.1 Å². The molecule has 0 amide bonds. The maximum Gasteiger partial charge on any atom is 0.0836 e. The fraction of sp³-hybridized carbons (Fsp3) is 1.00. The zero-order chi connectivity index (χ0) is 18.1. The van der Waals surface area contributed by atoms with Crippen molar-refractivity contribution in [3.63, 3.8) is 0 Å². The summed E-state index contributed by atoms with van der Waals surface area (Å²) in [5.74, 6) is 5.06. The Labute approximate surface area is 168 Å². The van der Waals surface area contributed by atoms with E-state index >= 15 is 0 Å². The van der Waals surface area contributed by atoms with E-state index in [2.05, 4.69) is 87.8 Å². The monoisotopic (exact) mass is 424 g/mol. The van der Waals surface area contributed by atoms with E-state index in [1.165, 1.54) is 35.9 Å². The maximum atomic E-state index is 11.1. The number of rotatable bonds is 5. The molecule has 24 heavy (non-hydrogen) atoms. The third-order valence-corrected chi connectivity index (χ3v) is 22.0. The summed E-state index contributed by atoms with van der Waals surface area (Å²) in [7, 11) is -1.55. The molecule has 0 aromatic carbocycles. The van der Waals surface area contributed by atoms with Crippen molar-refractivity contribution in [3.05, 3.63) is 0 Å². The molecular formula is C18H36OS4Si. The molecule has 142 valence electrons. The lowest BCUT2D eigenvalue weighted by Crippen LogP contribution is -2.58. The van der Waals surface area contributed by atoms with Gasteiger partial charge in [0, 0.05) is 0 Å². The predicted molar refractivity (Wildman–Crippen MR) is 123 cm³/mol. The normalized spacial score (nSPS) is 26.1. The van der Waals surface area contributed by atoms with Gasteiger partial charge in [-0.2, -0.15) is 0 Å². The lowest BCUT2D eigenvalue weighted by atomic mass is 10.1. The Morgan fingerprint density at radius 2 is 1.38 bits per heavy atom. The van der Waals surface area contributed by atoms with Gasteiger partial charge in [0.2, 0.25) is 0 Å². The van der Waals surface area contributed by atoms with Crippen molar-refractivity contribution >= 4 is 55.1 Å². The molecule has 2 aliphatic rings. The van der Waals surface area contributed by atoms with Crippen LogP contribution in [0.3, 0.4) is 0 Å². The summed E-state index contributed by atoms with van der Waals surface area (Å²) in [5.41, 5.74) is 0. The number of thioether (sulfide) groups is 4. The van der Waals surface area contributed by atoms with Gasteiger partial charge < -0.3 is 5.11 Å². The van der Waals surface area contributed by atoms with Gasteiger partial charge in [0.25, 0.3) is 0 Å². The standard InChI is InChI=1S/C18H36OS4Si/c1-16(2,3)24(5,6)18(22-11-8-12-23-18)14-15(19)13-17(4)20-9-7-10-21-17/h15,19H,7-14H2,1-6H3/t15-/m0/s1. The van der Waals surface area contributed by atoms with Crippen molar-refractivity contribution < 1.29 is 5.11 Å². The molecule has 2 heterocycles. The van der Waals surface area contributed by atoms with Crippen molar-refractivity contribution in [2.24, 2.45) is 0 Å². The summed E-state index contributed by atoms with van der Waals surface area (Å²) in [5, 5.41) is 11.4. The molecule has 2 aliphatic heterocycles. The van der Waals surface area contributed by atoms with Gasteiger partial charge in [-0.15, -0.1) is 47.0 Å². The Morgan fingerprint density at radius 1 is 0.917 bits per heavy atom. The highest BCUT2D eigenvalue weighted by atomic mass is 32.2. The maximum absolute atomic E-state index is 11.1. The number of aliphatic hydroxyl groups is 1. The van der Waals surface area contributed by atoms with Crippen LogP contribution >= 0.6 is 47.0 Å². The van der Waals surface area contributed by atoms with E-state index in [4.69, 9.17) is 0 Å². The minimum atomic E-state index is -1.55. The molecule has 6 heteroatoms. The fourth-order valence-electron chi connectivity index (χ4n) is 3.48. The Hall–Kier alpha value is 1.58. The minimum Gasteiger partial charge on any atom is -0.393 e. The lowest BCUT2D eigenvalue weighted by molar-refractivity contribution is 0.153. The smallest absolute Gasteiger partial charge is 0.0836 e. The molecule has 2 rings (SSSR count). The van der Waals surface area contributed by atoms with Crippen molar-refractivity contribution in [1.82, 2.24) is 0 Å². The zero-order valence-corrected chi connectivity index (χ0v) is 20.6. The van der Waals surface area contributed by atoms with Crippen LogP contribution in [-0.4, -0.2) is 50.1 Å². The molecule has 2 saturated heterocycles. The first-order valence-electron chi connectivity index (χ1n) is 9.25. The highest BCUT2D eigenvalue weighted by Gasteiger charge is 2.55. The Balaban J connectivity index is 2.13. The SMILES string of the molecule is CC1(C[C@H](O)CC2([Si](C)(C)C(C)(C)C)SCCCS2)SCCCS1. The highest BCUT2D eigenvalue weighted by Crippen LogP contribution is 2.59. The average Bonchev–Trinajstić information content (AvgIpc) is 2.46. The van der Waals surface area contributed by atoms with Crippen molar-refractivity contribution in [2.75, 3.05) is 23.0 Å². The second kappa shape index (κ2) is 8.30. The van der Waals surface area contributed by atoms with E-state index in [0.717, 1.165) is 12.8 Å². The molecule has 0 saturated carbocycles. The third kappa shape index (κ3) is 4.89. The number of aliphatic hydroxyl groups excluding tert-OH is 1. The van der Waals surface area contributed by atoms with Crippen LogP contribution in [0.1, 0.15) is 53.4 Å². The average molecular weight is 425 g/mol. The van der Waals surface area contributed by atoms with Gasteiger partial charge >= 0.3 is 0 Å². The van der Waals surface area contributed by atoms with E-state index in [1.807, 2.05) is 0 Å². The van der Waals surface area contributed by atoms with E-state index in [-0.39, 0.29) is 13.9 Å².